The lowest BCUT2D eigenvalue weighted by molar-refractivity contribution is -0.134. The van der Waals surface area contributed by atoms with Gasteiger partial charge in [0.15, 0.2) is 0 Å². The van der Waals surface area contributed by atoms with Gasteiger partial charge in [0, 0.05) is 11.3 Å². The van der Waals surface area contributed by atoms with Crippen molar-refractivity contribution in [1.29, 1.82) is 0 Å². The molecule has 0 saturated carbocycles. The van der Waals surface area contributed by atoms with Gasteiger partial charge in [-0.2, -0.15) is 5.10 Å². The van der Waals surface area contributed by atoms with Crippen LogP contribution in [0.1, 0.15) is 35.0 Å². The average Bonchev–Trinajstić information content (AvgIpc) is 3.59. The van der Waals surface area contributed by atoms with Crippen LogP contribution < -0.4 is 5.56 Å². The smallest absolute Gasteiger partial charge is 0.258 e. The summed E-state index contributed by atoms with van der Waals surface area (Å²) in [6.07, 6.45) is 0.707. The van der Waals surface area contributed by atoms with Crippen molar-refractivity contribution in [2.75, 3.05) is 13.1 Å². The highest BCUT2D eigenvalue weighted by atomic mass is 32.1. The molecule has 168 valence electrons. The molecule has 0 aliphatic carbocycles. The average molecular weight is 478 g/mol. The van der Waals surface area contributed by atoms with E-state index >= 15 is 0 Å². The van der Waals surface area contributed by atoms with Crippen molar-refractivity contribution >= 4 is 45.2 Å². The zero-order chi connectivity index (χ0) is 22.8. The van der Waals surface area contributed by atoms with E-state index in [0.29, 0.717) is 36.2 Å². The maximum absolute atomic E-state index is 13.4. The minimum absolute atomic E-state index is 0.0649. The van der Waals surface area contributed by atoms with Gasteiger partial charge in [0.05, 0.1) is 40.6 Å². The van der Waals surface area contributed by atoms with E-state index in [1.807, 2.05) is 59.0 Å². The number of thiophene rings is 2. The van der Waals surface area contributed by atoms with Crippen LogP contribution in [-0.4, -0.2) is 44.6 Å². The lowest BCUT2D eigenvalue weighted by atomic mass is 10.1. The summed E-state index contributed by atoms with van der Waals surface area (Å²) in [5.41, 5.74) is 1.43. The number of hydrogen-bond acceptors (Lipinski definition) is 7. The Morgan fingerprint density at radius 2 is 1.97 bits per heavy atom. The standard InChI is InChI=1S/C24H23N5O2S2/c1-2-28(14-22-25-17-8-4-3-7-16(17)24(31)26-22)15-23(30)29-19(21-10-6-12-33-21)13-18(27-29)20-9-5-11-32-20/h3-12,19H,2,13-15H2,1H3,(H,25,26,31). The summed E-state index contributed by atoms with van der Waals surface area (Å²) in [7, 11) is 0. The molecule has 1 atom stereocenters. The number of rotatable bonds is 7. The van der Waals surface area contributed by atoms with Crippen LogP contribution in [0.15, 0.2) is 69.2 Å². The van der Waals surface area contributed by atoms with Gasteiger partial charge < -0.3 is 4.98 Å². The highest BCUT2D eigenvalue weighted by Crippen LogP contribution is 2.36. The molecule has 1 amide bonds. The highest BCUT2D eigenvalue weighted by molar-refractivity contribution is 7.12. The molecule has 3 aromatic heterocycles. The second kappa shape index (κ2) is 9.38. The van der Waals surface area contributed by atoms with Crippen molar-refractivity contribution in [3.63, 3.8) is 0 Å². The lowest BCUT2D eigenvalue weighted by Gasteiger charge is -2.25. The monoisotopic (exact) mass is 477 g/mol. The van der Waals surface area contributed by atoms with E-state index in [4.69, 9.17) is 5.10 Å². The minimum Gasteiger partial charge on any atom is -0.309 e. The topological polar surface area (TPSA) is 81.7 Å². The molecule has 1 N–H and O–H groups in total. The van der Waals surface area contributed by atoms with Gasteiger partial charge >= 0.3 is 0 Å². The number of hydrogen-bond donors (Lipinski definition) is 1. The van der Waals surface area contributed by atoms with E-state index in [2.05, 4.69) is 16.0 Å². The Morgan fingerprint density at radius 1 is 1.15 bits per heavy atom. The number of aromatic amines is 1. The summed E-state index contributed by atoms with van der Waals surface area (Å²) in [6, 6.07) is 15.3. The van der Waals surface area contributed by atoms with E-state index in [-0.39, 0.29) is 24.1 Å². The number of amides is 1. The normalized spacial score (nSPS) is 16.0. The fraction of sp³-hybridized carbons (Fsp3) is 0.250. The number of carbonyl (C=O) groups excluding carboxylic acids is 1. The molecule has 0 saturated heterocycles. The van der Waals surface area contributed by atoms with Crippen molar-refractivity contribution in [2.45, 2.75) is 25.9 Å². The van der Waals surface area contributed by atoms with Crippen LogP contribution >= 0.6 is 22.7 Å². The highest BCUT2D eigenvalue weighted by Gasteiger charge is 2.34. The minimum atomic E-state index is -0.166. The molecule has 0 radical (unpaired) electrons. The number of H-pyrrole nitrogens is 1. The van der Waals surface area contributed by atoms with E-state index in [1.165, 1.54) is 0 Å². The Balaban J connectivity index is 1.36. The van der Waals surface area contributed by atoms with Crippen molar-refractivity contribution < 1.29 is 4.79 Å². The molecule has 1 aliphatic rings. The molecule has 4 aromatic rings. The first-order chi connectivity index (χ1) is 16.1. The Labute approximate surface area is 199 Å². The van der Waals surface area contributed by atoms with Gasteiger partial charge in [0.25, 0.3) is 11.5 Å². The first kappa shape index (κ1) is 21.7. The van der Waals surface area contributed by atoms with Crippen LogP contribution in [-0.2, 0) is 11.3 Å². The molecular formula is C24H23N5O2S2. The van der Waals surface area contributed by atoms with Crippen LogP contribution in [0, 0.1) is 0 Å². The van der Waals surface area contributed by atoms with Crippen LogP contribution in [0.4, 0.5) is 0 Å². The number of benzene rings is 1. The Kier molecular flexibility index (Phi) is 6.17. The molecule has 9 heteroatoms. The predicted octanol–water partition coefficient (Wildman–Crippen LogP) is 4.25. The third-order valence-corrected chi connectivity index (χ3v) is 7.58. The molecular weight excluding hydrogens is 454 g/mol. The first-order valence-corrected chi connectivity index (χ1v) is 12.6. The van der Waals surface area contributed by atoms with Gasteiger partial charge in [-0.1, -0.05) is 31.2 Å². The fourth-order valence-electron chi connectivity index (χ4n) is 4.00. The zero-order valence-corrected chi connectivity index (χ0v) is 19.7. The van der Waals surface area contributed by atoms with Gasteiger partial charge in [-0.05, 0) is 41.6 Å². The number of para-hydroxylation sites is 1. The molecule has 1 aromatic carbocycles. The van der Waals surface area contributed by atoms with Crippen LogP contribution in [0.3, 0.4) is 0 Å². The summed E-state index contributed by atoms with van der Waals surface area (Å²) in [5.74, 6) is 0.484. The molecule has 0 bridgehead atoms. The van der Waals surface area contributed by atoms with Gasteiger partial charge in [0.2, 0.25) is 0 Å². The molecule has 0 fully saturated rings. The number of nitrogens with zero attached hydrogens (tertiary/aromatic N) is 4. The second-order valence-corrected chi connectivity index (χ2v) is 9.76. The summed E-state index contributed by atoms with van der Waals surface area (Å²) >= 11 is 3.28. The number of fused-ring (bicyclic) bond motifs is 1. The van der Waals surface area contributed by atoms with Gasteiger partial charge in [0.1, 0.15) is 5.82 Å². The van der Waals surface area contributed by atoms with E-state index < -0.39 is 0 Å². The summed E-state index contributed by atoms with van der Waals surface area (Å²) in [5, 5.41) is 11.0. The van der Waals surface area contributed by atoms with E-state index in [0.717, 1.165) is 15.5 Å². The third kappa shape index (κ3) is 4.52. The van der Waals surface area contributed by atoms with Crippen molar-refractivity contribution in [3.8, 4) is 0 Å². The molecule has 7 nitrogen and oxygen atoms in total. The Morgan fingerprint density at radius 3 is 2.73 bits per heavy atom. The largest absolute Gasteiger partial charge is 0.309 e. The number of likely N-dealkylation sites (N-methyl/N-ethyl adjacent to an activating group) is 1. The van der Waals surface area contributed by atoms with Crippen LogP contribution in [0.2, 0.25) is 0 Å². The van der Waals surface area contributed by atoms with Crippen molar-refractivity contribution in [3.05, 3.63) is 85.2 Å². The molecule has 0 spiro atoms. The Bertz CT molecular complexity index is 1340. The maximum Gasteiger partial charge on any atom is 0.258 e. The lowest BCUT2D eigenvalue weighted by Crippen LogP contribution is -2.38. The van der Waals surface area contributed by atoms with Gasteiger partial charge in [-0.15, -0.1) is 22.7 Å². The summed E-state index contributed by atoms with van der Waals surface area (Å²) in [6.45, 7) is 3.20. The Hall–Kier alpha value is -3.14. The van der Waals surface area contributed by atoms with E-state index in [1.54, 1.807) is 33.7 Å². The summed E-state index contributed by atoms with van der Waals surface area (Å²) < 4.78 is 0. The third-order valence-electron chi connectivity index (χ3n) is 5.68. The first-order valence-electron chi connectivity index (χ1n) is 10.8. The quantitative estimate of drug-likeness (QED) is 0.432. The number of carbonyl (C=O) groups is 1. The molecule has 1 aliphatic heterocycles. The second-order valence-electron chi connectivity index (χ2n) is 7.83. The predicted molar refractivity (Wildman–Crippen MR) is 133 cm³/mol. The molecule has 33 heavy (non-hydrogen) atoms. The van der Waals surface area contributed by atoms with E-state index in [9.17, 15) is 9.59 Å². The zero-order valence-electron chi connectivity index (χ0n) is 18.1. The number of aromatic nitrogens is 2. The van der Waals surface area contributed by atoms with Gasteiger partial charge in [-0.25, -0.2) is 9.99 Å². The van der Waals surface area contributed by atoms with Gasteiger partial charge in [-0.3, -0.25) is 14.5 Å². The number of nitrogens with one attached hydrogen (secondary N) is 1. The molecule has 1 unspecified atom stereocenters. The maximum atomic E-state index is 13.4. The SMILES string of the molecule is CCN(CC(=O)N1N=C(c2cccs2)CC1c1cccs1)Cc1nc2ccccc2c(=O)[nH]1. The summed E-state index contributed by atoms with van der Waals surface area (Å²) in [4.78, 5) is 37.5. The van der Waals surface area contributed by atoms with Crippen LogP contribution in [0.5, 0.6) is 0 Å². The van der Waals surface area contributed by atoms with Crippen molar-refractivity contribution in [2.24, 2.45) is 5.10 Å². The fourth-order valence-corrected chi connectivity index (χ4v) is 5.53. The number of hydrazone groups is 1. The molecule has 5 rings (SSSR count). The molecule has 4 heterocycles. The van der Waals surface area contributed by atoms with Crippen molar-refractivity contribution in [1.82, 2.24) is 19.9 Å². The van der Waals surface area contributed by atoms with Crippen LogP contribution in [0.25, 0.3) is 10.9 Å².